The second-order valence-corrected chi connectivity index (χ2v) is 4.42. The fraction of sp³-hybridized carbons (Fsp3) is 0.143. The van der Waals surface area contributed by atoms with E-state index in [4.69, 9.17) is 4.42 Å². The van der Waals surface area contributed by atoms with E-state index in [0.717, 1.165) is 16.7 Å². The van der Waals surface area contributed by atoms with Gasteiger partial charge in [0.25, 0.3) is 5.91 Å². The van der Waals surface area contributed by atoms with Crippen LogP contribution < -0.4 is 5.32 Å². The third-order valence-corrected chi connectivity index (χ3v) is 3.01. The highest BCUT2D eigenvalue weighted by atomic mass is 16.3. The van der Waals surface area contributed by atoms with Gasteiger partial charge in [-0.05, 0) is 26.0 Å². The Hall–Kier alpha value is -2.56. The number of nitrogens with one attached hydrogen (secondary N) is 2. The van der Waals surface area contributed by atoms with Gasteiger partial charge in [0.05, 0.1) is 23.0 Å². The maximum atomic E-state index is 12.2. The van der Waals surface area contributed by atoms with Gasteiger partial charge in [-0.25, -0.2) is 0 Å². The summed E-state index contributed by atoms with van der Waals surface area (Å²) in [6.07, 6.45) is 1.72. The molecule has 1 aromatic carbocycles. The first-order valence-electron chi connectivity index (χ1n) is 5.95. The zero-order valence-corrected chi connectivity index (χ0v) is 10.7. The van der Waals surface area contributed by atoms with Crippen molar-refractivity contribution in [3.05, 3.63) is 47.5 Å². The molecule has 1 amide bonds. The molecule has 0 saturated heterocycles. The predicted molar refractivity (Wildman–Crippen MR) is 72.2 cm³/mol. The van der Waals surface area contributed by atoms with Gasteiger partial charge in [0.1, 0.15) is 11.5 Å². The Morgan fingerprint density at radius 1 is 1.37 bits per heavy atom. The minimum atomic E-state index is -0.184. The van der Waals surface area contributed by atoms with Crippen LogP contribution in [0.3, 0.4) is 0 Å². The molecule has 0 radical (unpaired) electrons. The molecule has 96 valence electrons. The summed E-state index contributed by atoms with van der Waals surface area (Å²) in [5, 5.41) is 10.7. The van der Waals surface area contributed by atoms with Crippen LogP contribution in [0.2, 0.25) is 0 Å². The molecule has 5 nitrogen and oxygen atoms in total. The first-order chi connectivity index (χ1) is 9.15. The van der Waals surface area contributed by atoms with Crippen molar-refractivity contribution < 1.29 is 9.21 Å². The maximum Gasteiger partial charge on any atom is 0.259 e. The van der Waals surface area contributed by atoms with E-state index < -0.39 is 0 Å². The second kappa shape index (κ2) is 4.28. The Bertz CT molecular complexity index is 755. The van der Waals surface area contributed by atoms with Gasteiger partial charge < -0.3 is 9.73 Å². The number of carbonyl (C=O) groups excluding carboxylic acids is 1. The second-order valence-electron chi connectivity index (χ2n) is 4.42. The molecule has 0 spiro atoms. The van der Waals surface area contributed by atoms with Crippen LogP contribution in [0.25, 0.3) is 10.9 Å². The fourth-order valence-corrected chi connectivity index (χ4v) is 2.12. The van der Waals surface area contributed by atoms with Crippen LogP contribution in [0, 0.1) is 13.8 Å². The lowest BCUT2D eigenvalue weighted by atomic mass is 10.2. The van der Waals surface area contributed by atoms with Crippen molar-refractivity contribution in [1.29, 1.82) is 0 Å². The standard InChI is InChI=1S/C14H13N3O2/c1-8-6-11(9(2)19-8)14(18)16-12-5-3-4-10-7-15-17-13(10)12/h3-7H,1-2H3,(H,15,17)(H,16,18). The van der Waals surface area contributed by atoms with Gasteiger partial charge in [-0.15, -0.1) is 0 Å². The van der Waals surface area contributed by atoms with Crippen LogP contribution in [-0.4, -0.2) is 16.1 Å². The number of aromatic nitrogens is 2. The number of rotatable bonds is 2. The Morgan fingerprint density at radius 2 is 2.21 bits per heavy atom. The zero-order chi connectivity index (χ0) is 13.4. The Balaban J connectivity index is 1.95. The molecule has 3 rings (SSSR count). The van der Waals surface area contributed by atoms with E-state index in [9.17, 15) is 4.79 Å². The number of amides is 1. The highest BCUT2D eigenvalue weighted by Gasteiger charge is 2.14. The number of para-hydroxylation sites is 1. The molecule has 2 aromatic heterocycles. The van der Waals surface area contributed by atoms with Crippen molar-refractivity contribution in [2.24, 2.45) is 0 Å². The summed E-state index contributed by atoms with van der Waals surface area (Å²) in [6.45, 7) is 3.60. The van der Waals surface area contributed by atoms with Crippen LogP contribution in [-0.2, 0) is 0 Å². The number of hydrogen-bond acceptors (Lipinski definition) is 3. The molecular weight excluding hydrogens is 242 g/mol. The van der Waals surface area contributed by atoms with Gasteiger partial charge in [-0.2, -0.15) is 5.10 Å². The third kappa shape index (κ3) is 1.99. The van der Waals surface area contributed by atoms with Gasteiger partial charge >= 0.3 is 0 Å². The SMILES string of the molecule is Cc1cc(C(=O)Nc2cccc3cn[nH]c23)c(C)o1. The number of aromatic amines is 1. The lowest BCUT2D eigenvalue weighted by molar-refractivity contribution is 0.102. The topological polar surface area (TPSA) is 70.9 Å². The Labute approximate surface area is 109 Å². The molecule has 0 atom stereocenters. The lowest BCUT2D eigenvalue weighted by Crippen LogP contribution is -2.12. The smallest absolute Gasteiger partial charge is 0.259 e. The molecule has 0 aliphatic heterocycles. The number of furan rings is 1. The summed E-state index contributed by atoms with van der Waals surface area (Å²) in [5.74, 6) is 1.16. The molecule has 0 fully saturated rings. The molecule has 0 aliphatic carbocycles. The van der Waals surface area contributed by atoms with Crippen LogP contribution in [0.5, 0.6) is 0 Å². The predicted octanol–water partition coefficient (Wildman–Crippen LogP) is 3.03. The van der Waals surface area contributed by atoms with E-state index in [1.165, 1.54) is 0 Å². The summed E-state index contributed by atoms with van der Waals surface area (Å²) in [4.78, 5) is 12.2. The highest BCUT2D eigenvalue weighted by molar-refractivity contribution is 6.08. The molecule has 0 unspecified atom stereocenters. The number of hydrogen-bond donors (Lipinski definition) is 2. The van der Waals surface area contributed by atoms with Crippen molar-refractivity contribution in [3.8, 4) is 0 Å². The average molecular weight is 255 g/mol. The van der Waals surface area contributed by atoms with Crippen LogP contribution in [0.1, 0.15) is 21.9 Å². The normalized spacial score (nSPS) is 10.8. The van der Waals surface area contributed by atoms with Gasteiger partial charge in [-0.3, -0.25) is 9.89 Å². The summed E-state index contributed by atoms with van der Waals surface area (Å²) in [6, 6.07) is 7.38. The molecule has 0 aliphatic rings. The first-order valence-corrected chi connectivity index (χ1v) is 5.95. The van der Waals surface area contributed by atoms with Crippen molar-refractivity contribution in [2.75, 3.05) is 5.32 Å². The van der Waals surface area contributed by atoms with E-state index in [1.807, 2.05) is 25.1 Å². The first kappa shape index (κ1) is 11.5. The summed E-state index contributed by atoms with van der Waals surface area (Å²) in [5.41, 5.74) is 2.07. The van der Waals surface area contributed by atoms with Crippen molar-refractivity contribution in [3.63, 3.8) is 0 Å². The number of carbonyl (C=O) groups is 1. The summed E-state index contributed by atoms with van der Waals surface area (Å²) >= 11 is 0. The number of H-pyrrole nitrogens is 1. The van der Waals surface area contributed by atoms with Gasteiger partial charge in [-0.1, -0.05) is 12.1 Å². The Kier molecular flexibility index (Phi) is 2.59. The fourth-order valence-electron chi connectivity index (χ4n) is 2.12. The van der Waals surface area contributed by atoms with Gasteiger partial charge in [0.2, 0.25) is 0 Å². The summed E-state index contributed by atoms with van der Waals surface area (Å²) in [7, 11) is 0. The molecule has 19 heavy (non-hydrogen) atoms. The quantitative estimate of drug-likeness (QED) is 0.739. The molecular formula is C14H13N3O2. The van der Waals surface area contributed by atoms with Crippen LogP contribution in [0.15, 0.2) is 34.9 Å². The van der Waals surface area contributed by atoms with Crippen molar-refractivity contribution in [2.45, 2.75) is 13.8 Å². The molecule has 2 heterocycles. The monoisotopic (exact) mass is 255 g/mol. The number of nitrogens with zero attached hydrogens (tertiary/aromatic N) is 1. The van der Waals surface area contributed by atoms with Crippen LogP contribution in [0.4, 0.5) is 5.69 Å². The highest BCUT2D eigenvalue weighted by Crippen LogP contribution is 2.22. The van der Waals surface area contributed by atoms with E-state index in [2.05, 4.69) is 15.5 Å². The maximum absolute atomic E-state index is 12.2. The molecule has 5 heteroatoms. The van der Waals surface area contributed by atoms with Gasteiger partial charge in [0.15, 0.2) is 0 Å². The van der Waals surface area contributed by atoms with E-state index in [1.54, 1.807) is 19.2 Å². The molecule has 0 bridgehead atoms. The zero-order valence-electron chi connectivity index (χ0n) is 10.7. The van der Waals surface area contributed by atoms with E-state index in [-0.39, 0.29) is 5.91 Å². The minimum absolute atomic E-state index is 0.184. The summed E-state index contributed by atoms with van der Waals surface area (Å²) < 4.78 is 5.36. The number of fused-ring (bicyclic) bond motifs is 1. The van der Waals surface area contributed by atoms with Crippen molar-refractivity contribution in [1.82, 2.24) is 10.2 Å². The number of benzene rings is 1. The third-order valence-electron chi connectivity index (χ3n) is 3.01. The largest absolute Gasteiger partial charge is 0.466 e. The minimum Gasteiger partial charge on any atom is -0.466 e. The van der Waals surface area contributed by atoms with Crippen LogP contribution >= 0.6 is 0 Å². The van der Waals surface area contributed by atoms with Crippen molar-refractivity contribution >= 4 is 22.5 Å². The lowest BCUT2D eigenvalue weighted by Gasteiger charge is -2.05. The Morgan fingerprint density at radius 3 is 2.95 bits per heavy atom. The van der Waals surface area contributed by atoms with E-state index >= 15 is 0 Å². The number of anilines is 1. The molecule has 2 N–H and O–H groups in total. The van der Waals surface area contributed by atoms with E-state index in [0.29, 0.717) is 17.0 Å². The number of aryl methyl sites for hydroxylation is 2. The van der Waals surface area contributed by atoms with Gasteiger partial charge in [0, 0.05) is 5.39 Å². The average Bonchev–Trinajstić information content (AvgIpc) is 2.96. The molecule has 3 aromatic rings. The molecule has 0 saturated carbocycles.